The molecule has 1 amide bonds. The van der Waals surface area contributed by atoms with Crippen molar-refractivity contribution in [2.45, 2.75) is 18.8 Å². The number of nitrogens with two attached hydrogens (primary N) is 2. The lowest BCUT2D eigenvalue weighted by Gasteiger charge is -2.19. The van der Waals surface area contributed by atoms with Crippen molar-refractivity contribution >= 4 is 35.6 Å². The molecule has 1 aromatic carbocycles. The fourth-order valence-corrected chi connectivity index (χ4v) is 2.88. The summed E-state index contributed by atoms with van der Waals surface area (Å²) < 4.78 is 14.1. The summed E-state index contributed by atoms with van der Waals surface area (Å²) in [5.41, 5.74) is 4.24. The van der Waals surface area contributed by atoms with Crippen LogP contribution in [0.1, 0.15) is 34.9 Å². The molecule has 0 radical (unpaired) electrons. The highest BCUT2D eigenvalue weighted by Gasteiger charge is 2.28. The van der Waals surface area contributed by atoms with E-state index in [1.807, 2.05) is 23.6 Å². The number of nitrogens with zero attached hydrogens (tertiary/aromatic N) is 2. The molecule has 1 heterocycles. The van der Waals surface area contributed by atoms with Gasteiger partial charge in [-0.1, -0.05) is 6.07 Å². The summed E-state index contributed by atoms with van der Waals surface area (Å²) in [5.74, 6) is 10.4. The number of nitrogens with one attached hydrogen (secondary N) is 1. The number of hydrogen-bond acceptors (Lipinski definition) is 6. The Kier molecular flexibility index (Phi) is 6.42. The highest BCUT2D eigenvalue weighted by molar-refractivity contribution is 7.10. The van der Waals surface area contributed by atoms with Crippen LogP contribution in [0.3, 0.4) is 0 Å². The Hall–Kier alpha value is -2.29. The highest BCUT2D eigenvalue weighted by Crippen LogP contribution is 2.44. The number of hydrazine groups is 2. The standard InChI is InChI=1S/C15H16FN3S.CH4N2O/c1-19(17)15-12(5-7-14-18-8-9-20-14)11(10-2-3-10)4-6-13(15)16;2-3-1-4/h4-10H,2-3,17H2,1H3;1H,2H2,(H,3,4)/b7-5+;. The summed E-state index contributed by atoms with van der Waals surface area (Å²) in [7, 11) is 1.66. The quantitative estimate of drug-likeness (QED) is 0.333. The van der Waals surface area contributed by atoms with E-state index in [0.717, 1.165) is 23.4 Å². The van der Waals surface area contributed by atoms with Crippen LogP contribution in [0.4, 0.5) is 10.1 Å². The molecule has 24 heavy (non-hydrogen) atoms. The van der Waals surface area contributed by atoms with E-state index in [-0.39, 0.29) is 5.82 Å². The molecule has 0 aliphatic heterocycles. The molecule has 1 aromatic heterocycles. The fraction of sp³-hybridized carbons (Fsp3) is 0.250. The largest absolute Gasteiger partial charge is 0.311 e. The molecule has 0 bridgehead atoms. The molecular weight excluding hydrogens is 329 g/mol. The number of thiazole rings is 1. The van der Waals surface area contributed by atoms with E-state index in [4.69, 9.17) is 10.6 Å². The number of rotatable bonds is 5. The van der Waals surface area contributed by atoms with E-state index in [9.17, 15) is 4.39 Å². The second-order valence-electron chi connectivity index (χ2n) is 5.27. The zero-order valence-corrected chi connectivity index (χ0v) is 14.1. The van der Waals surface area contributed by atoms with Crippen molar-refractivity contribution in [2.75, 3.05) is 12.1 Å². The molecule has 0 unspecified atom stereocenters. The predicted octanol–water partition coefficient (Wildman–Crippen LogP) is 2.25. The molecule has 0 spiro atoms. The first-order chi connectivity index (χ1) is 11.6. The van der Waals surface area contributed by atoms with Gasteiger partial charge in [0.1, 0.15) is 10.8 Å². The molecule has 1 aliphatic rings. The van der Waals surface area contributed by atoms with E-state index in [0.29, 0.717) is 18.0 Å². The van der Waals surface area contributed by atoms with Gasteiger partial charge in [-0.05, 0) is 42.5 Å². The molecule has 5 N–H and O–H groups in total. The lowest BCUT2D eigenvalue weighted by atomic mass is 10.00. The van der Waals surface area contributed by atoms with Gasteiger partial charge in [-0.2, -0.15) is 0 Å². The monoisotopic (exact) mass is 349 g/mol. The van der Waals surface area contributed by atoms with Crippen LogP contribution in [0.15, 0.2) is 23.7 Å². The third-order valence-electron chi connectivity index (χ3n) is 3.48. The summed E-state index contributed by atoms with van der Waals surface area (Å²) in [4.78, 5) is 13.1. The van der Waals surface area contributed by atoms with Gasteiger partial charge in [-0.25, -0.2) is 21.1 Å². The molecular formula is C16H20FN5OS. The Morgan fingerprint density at radius 1 is 1.42 bits per heavy atom. The van der Waals surface area contributed by atoms with E-state index in [1.54, 1.807) is 30.0 Å². The van der Waals surface area contributed by atoms with Crippen LogP contribution >= 0.6 is 11.3 Å². The van der Waals surface area contributed by atoms with Gasteiger partial charge in [0.15, 0.2) is 0 Å². The fourth-order valence-electron chi connectivity index (χ4n) is 2.35. The number of halogens is 1. The number of anilines is 1. The Morgan fingerprint density at radius 2 is 2.12 bits per heavy atom. The van der Waals surface area contributed by atoms with Crippen molar-refractivity contribution in [3.8, 4) is 0 Å². The highest BCUT2D eigenvalue weighted by atomic mass is 32.1. The molecule has 128 valence electrons. The maximum absolute atomic E-state index is 14.1. The molecule has 6 nitrogen and oxygen atoms in total. The Labute approximate surface area is 143 Å². The smallest absolute Gasteiger partial charge is 0.221 e. The summed E-state index contributed by atoms with van der Waals surface area (Å²) in [5, 5.41) is 4.17. The minimum atomic E-state index is -0.293. The summed E-state index contributed by atoms with van der Waals surface area (Å²) in [6, 6.07) is 3.38. The number of aromatic nitrogens is 1. The zero-order chi connectivity index (χ0) is 17.5. The first kappa shape index (κ1) is 18.1. The first-order valence-corrected chi connectivity index (χ1v) is 8.24. The van der Waals surface area contributed by atoms with Gasteiger partial charge >= 0.3 is 0 Å². The Bertz CT molecular complexity index is 699. The third kappa shape index (κ3) is 4.60. The van der Waals surface area contributed by atoms with Gasteiger partial charge in [0.05, 0.1) is 5.69 Å². The summed E-state index contributed by atoms with van der Waals surface area (Å²) in [6.07, 6.45) is 8.33. The van der Waals surface area contributed by atoms with Crippen molar-refractivity contribution in [3.63, 3.8) is 0 Å². The lowest BCUT2D eigenvalue weighted by molar-refractivity contribution is -0.109. The molecule has 1 aliphatic carbocycles. The zero-order valence-electron chi connectivity index (χ0n) is 13.3. The molecule has 2 aromatic rings. The van der Waals surface area contributed by atoms with E-state index in [1.165, 1.54) is 16.6 Å². The molecule has 0 saturated heterocycles. The SMILES string of the molecule is CN(N)c1c(F)ccc(C2CC2)c1/C=C/c1nccs1.NNC=O. The molecule has 0 atom stereocenters. The van der Waals surface area contributed by atoms with Crippen LogP contribution in [0.2, 0.25) is 0 Å². The minimum Gasteiger partial charge on any atom is -0.311 e. The Morgan fingerprint density at radius 3 is 2.62 bits per heavy atom. The number of hydrogen-bond donors (Lipinski definition) is 3. The summed E-state index contributed by atoms with van der Waals surface area (Å²) >= 11 is 1.55. The van der Waals surface area contributed by atoms with Gasteiger partial charge in [-0.15, -0.1) is 11.3 Å². The maximum Gasteiger partial charge on any atom is 0.221 e. The molecule has 3 rings (SSSR count). The number of amides is 1. The van der Waals surface area contributed by atoms with Crippen LogP contribution < -0.4 is 22.1 Å². The van der Waals surface area contributed by atoms with Crippen molar-refractivity contribution < 1.29 is 9.18 Å². The second-order valence-corrected chi connectivity index (χ2v) is 6.20. The predicted molar refractivity (Wildman–Crippen MR) is 95.4 cm³/mol. The van der Waals surface area contributed by atoms with Gasteiger partial charge in [0, 0.05) is 24.2 Å². The van der Waals surface area contributed by atoms with E-state index >= 15 is 0 Å². The minimum absolute atomic E-state index is 0.293. The van der Waals surface area contributed by atoms with Crippen LogP contribution in [0, 0.1) is 5.82 Å². The van der Waals surface area contributed by atoms with Crippen LogP contribution in [0.25, 0.3) is 12.2 Å². The maximum atomic E-state index is 14.1. The van der Waals surface area contributed by atoms with Crippen LogP contribution in [-0.4, -0.2) is 18.4 Å². The third-order valence-corrected chi connectivity index (χ3v) is 4.22. The number of carbonyl (C=O) groups excluding carboxylic acids is 1. The number of carbonyl (C=O) groups is 1. The van der Waals surface area contributed by atoms with Crippen molar-refractivity contribution in [3.05, 3.63) is 45.7 Å². The first-order valence-electron chi connectivity index (χ1n) is 7.36. The second kappa shape index (κ2) is 8.53. The van der Waals surface area contributed by atoms with Crippen molar-refractivity contribution in [1.82, 2.24) is 10.4 Å². The summed E-state index contributed by atoms with van der Waals surface area (Å²) in [6.45, 7) is 0. The number of benzene rings is 1. The van der Waals surface area contributed by atoms with Gasteiger partial charge in [0.25, 0.3) is 0 Å². The normalized spacial score (nSPS) is 13.3. The van der Waals surface area contributed by atoms with Crippen molar-refractivity contribution in [2.24, 2.45) is 11.7 Å². The average Bonchev–Trinajstić information content (AvgIpc) is 3.28. The van der Waals surface area contributed by atoms with E-state index in [2.05, 4.69) is 10.8 Å². The van der Waals surface area contributed by atoms with Gasteiger partial charge < -0.3 is 5.01 Å². The van der Waals surface area contributed by atoms with Gasteiger partial charge in [-0.3, -0.25) is 10.2 Å². The van der Waals surface area contributed by atoms with Crippen LogP contribution in [0.5, 0.6) is 0 Å². The van der Waals surface area contributed by atoms with E-state index < -0.39 is 0 Å². The molecule has 8 heteroatoms. The topological polar surface area (TPSA) is 97.3 Å². The molecule has 1 saturated carbocycles. The lowest BCUT2D eigenvalue weighted by Crippen LogP contribution is -2.27. The van der Waals surface area contributed by atoms with Crippen molar-refractivity contribution in [1.29, 1.82) is 0 Å². The average molecular weight is 349 g/mol. The molecule has 1 fully saturated rings. The van der Waals surface area contributed by atoms with Crippen LogP contribution in [-0.2, 0) is 4.79 Å². The Balaban J connectivity index is 0.000000471. The van der Waals surface area contributed by atoms with Gasteiger partial charge in [0.2, 0.25) is 6.41 Å².